The third-order valence-corrected chi connectivity index (χ3v) is 6.00. The van der Waals surface area contributed by atoms with Gasteiger partial charge in [-0.05, 0) is 55.9 Å². The number of amides is 1. The Labute approximate surface area is 202 Å². The van der Waals surface area contributed by atoms with E-state index in [2.05, 4.69) is 10.6 Å². The smallest absolute Gasteiger partial charge is 0.389 e. The number of alkyl halides is 4. The first-order valence-corrected chi connectivity index (χ1v) is 11.4. The van der Waals surface area contributed by atoms with Crippen molar-refractivity contribution in [1.29, 1.82) is 5.26 Å². The molecule has 0 bridgehead atoms. The van der Waals surface area contributed by atoms with E-state index in [1.165, 1.54) is 38.1 Å². The maximum atomic E-state index is 14.4. The molecule has 1 aliphatic rings. The van der Waals surface area contributed by atoms with Crippen LogP contribution in [0, 0.1) is 11.3 Å². The number of aliphatic hydroxyl groups excluding tert-OH is 1. The lowest BCUT2D eigenvalue weighted by molar-refractivity contribution is -0.161. The minimum absolute atomic E-state index is 0.127. The van der Waals surface area contributed by atoms with Crippen molar-refractivity contribution in [1.82, 2.24) is 10.6 Å². The Kier molecular flexibility index (Phi) is 7.58. The van der Waals surface area contributed by atoms with Gasteiger partial charge in [-0.25, -0.2) is 4.39 Å². The Hall–Kier alpha value is -2.96. The van der Waals surface area contributed by atoms with E-state index in [1.54, 1.807) is 31.2 Å². The van der Waals surface area contributed by atoms with Crippen molar-refractivity contribution in [2.45, 2.75) is 75.6 Å². The summed E-state index contributed by atoms with van der Waals surface area (Å²) >= 11 is 0. The van der Waals surface area contributed by atoms with Gasteiger partial charge in [0, 0.05) is 6.42 Å². The van der Waals surface area contributed by atoms with E-state index in [-0.39, 0.29) is 5.56 Å². The van der Waals surface area contributed by atoms with Crippen LogP contribution in [0.25, 0.3) is 11.1 Å². The van der Waals surface area contributed by atoms with Gasteiger partial charge in [0.05, 0.1) is 18.2 Å². The van der Waals surface area contributed by atoms with Crippen molar-refractivity contribution < 1.29 is 27.5 Å². The van der Waals surface area contributed by atoms with Gasteiger partial charge in [0.25, 0.3) is 0 Å². The highest BCUT2D eigenvalue weighted by atomic mass is 19.4. The maximum Gasteiger partial charge on any atom is 0.407 e. The highest BCUT2D eigenvalue weighted by Gasteiger charge is 2.48. The van der Waals surface area contributed by atoms with Gasteiger partial charge < -0.3 is 10.4 Å². The maximum absolute atomic E-state index is 14.4. The Balaban J connectivity index is 1.85. The molecule has 2 aromatic carbocycles. The van der Waals surface area contributed by atoms with Crippen molar-refractivity contribution in [3.63, 3.8) is 0 Å². The zero-order valence-electron chi connectivity index (χ0n) is 19.8. The highest BCUT2D eigenvalue weighted by molar-refractivity contribution is 5.83. The van der Waals surface area contributed by atoms with Crippen LogP contribution in [0.2, 0.25) is 0 Å². The number of hydrogen-bond donors (Lipinski definition) is 3. The van der Waals surface area contributed by atoms with Crippen LogP contribution in [0.3, 0.4) is 0 Å². The molecule has 35 heavy (non-hydrogen) atoms. The molecule has 1 saturated carbocycles. The molecule has 0 spiro atoms. The monoisotopic (exact) mass is 491 g/mol. The molecule has 188 valence electrons. The molecule has 1 aliphatic carbocycles. The molecule has 1 fully saturated rings. The van der Waals surface area contributed by atoms with Gasteiger partial charge >= 0.3 is 6.18 Å². The van der Waals surface area contributed by atoms with E-state index in [9.17, 15) is 32.7 Å². The first-order chi connectivity index (χ1) is 16.2. The largest absolute Gasteiger partial charge is 0.407 e. The third-order valence-electron chi connectivity index (χ3n) is 6.00. The summed E-state index contributed by atoms with van der Waals surface area (Å²) in [6.45, 7) is 4.01. The molecule has 0 saturated heterocycles. The summed E-state index contributed by atoms with van der Waals surface area (Å²) in [6.07, 6.45) is -5.08. The molecule has 9 heteroatoms. The number of nitrogens with one attached hydrogen (secondary N) is 2. The number of benzene rings is 2. The topological polar surface area (TPSA) is 85.2 Å². The SMILES string of the molecule is C[C@H](O)c1ccc(-c2ccc([C@H](N[C@@H](CC(C)(C)F)C(=O)NC3(C#N)CC3)C(F)(F)F)cc2)cc1. The average molecular weight is 492 g/mol. The van der Waals surface area contributed by atoms with Crippen LogP contribution >= 0.6 is 0 Å². The van der Waals surface area contributed by atoms with E-state index in [0.717, 1.165) is 11.1 Å². The number of hydrogen-bond acceptors (Lipinski definition) is 4. The van der Waals surface area contributed by atoms with E-state index in [1.807, 2.05) is 6.07 Å². The fourth-order valence-corrected chi connectivity index (χ4v) is 3.83. The first-order valence-electron chi connectivity index (χ1n) is 11.4. The molecule has 0 radical (unpaired) electrons. The van der Waals surface area contributed by atoms with Gasteiger partial charge in [0.1, 0.15) is 17.2 Å². The fraction of sp³-hybridized carbons (Fsp3) is 0.462. The van der Waals surface area contributed by atoms with Gasteiger partial charge in [-0.2, -0.15) is 18.4 Å². The first kappa shape index (κ1) is 26.6. The molecule has 2 aromatic rings. The summed E-state index contributed by atoms with van der Waals surface area (Å²) in [5.41, 5.74) is -0.975. The van der Waals surface area contributed by atoms with Crippen molar-refractivity contribution in [3.05, 3.63) is 59.7 Å². The minimum Gasteiger partial charge on any atom is -0.389 e. The lowest BCUT2D eigenvalue weighted by Gasteiger charge is -2.30. The summed E-state index contributed by atoms with van der Waals surface area (Å²) in [4.78, 5) is 12.8. The van der Waals surface area contributed by atoms with Crippen molar-refractivity contribution in [2.24, 2.45) is 0 Å². The lowest BCUT2D eigenvalue weighted by atomic mass is 9.96. The van der Waals surface area contributed by atoms with Gasteiger partial charge in [-0.1, -0.05) is 48.5 Å². The van der Waals surface area contributed by atoms with Crippen LogP contribution in [-0.4, -0.2) is 34.4 Å². The Morgan fingerprint density at radius 3 is 1.89 bits per heavy atom. The molecular weight excluding hydrogens is 462 g/mol. The third kappa shape index (κ3) is 7.03. The predicted octanol–water partition coefficient (Wildman–Crippen LogP) is 5.28. The Morgan fingerprint density at radius 2 is 1.51 bits per heavy atom. The normalized spacial score (nSPS) is 17.7. The van der Waals surface area contributed by atoms with E-state index < -0.39 is 47.9 Å². The molecule has 0 unspecified atom stereocenters. The molecule has 3 rings (SSSR count). The van der Waals surface area contributed by atoms with Crippen LogP contribution in [0.5, 0.6) is 0 Å². The van der Waals surface area contributed by atoms with E-state index in [0.29, 0.717) is 18.4 Å². The summed E-state index contributed by atoms with van der Waals surface area (Å²) < 4.78 is 56.6. The van der Waals surface area contributed by atoms with Crippen molar-refractivity contribution in [2.75, 3.05) is 0 Å². The molecule has 0 aromatic heterocycles. The number of nitriles is 1. The standard InChI is InChI=1S/C26H29F4N3O2/c1-16(34)17-4-6-18(7-5-17)19-8-10-20(11-9-19)22(26(28,29)30)32-21(14-24(2,3)27)23(35)33-25(15-31)12-13-25/h4-11,16,21-22,32,34H,12-14H2,1-3H3,(H,33,35)/t16-,21-,22-/m0/s1. The number of rotatable bonds is 9. The summed E-state index contributed by atoms with van der Waals surface area (Å²) in [5, 5.41) is 23.6. The molecule has 5 nitrogen and oxygen atoms in total. The Morgan fingerprint density at radius 1 is 1.03 bits per heavy atom. The molecule has 3 atom stereocenters. The fourth-order valence-electron chi connectivity index (χ4n) is 3.83. The molecule has 1 amide bonds. The zero-order valence-corrected chi connectivity index (χ0v) is 19.8. The molecule has 0 aliphatic heterocycles. The predicted molar refractivity (Wildman–Crippen MR) is 124 cm³/mol. The zero-order chi connectivity index (χ0) is 26.0. The van der Waals surface area contributed by atoms with Crippen molar-refractivity contribution >= 4 is 5.91 Å². The van der Waals surface area contributed by atoms with Crippen LogP contribution in [0.4, 0.5) is 17.6 Å². The van der Waals surface area contributed by atoms with Gasteiger partial charge in [0.15, 0.2) is 0 Å². The van der Waals surface area contributed by atoms with E-state index in [4.69, 9.17) is 0 Å². The number of aliphatic hydroxyl groups is 1. The van der Waals surface area contributed by atoms with Gasteiger partial charge in [0.2, 0.25) is 5.91 Å². The van der Waals surface area contributed by atoms with Crippen LogP contribution in [0.15, 0.2) is 48.5 Å². The van der Waals surface area contributed by atoms with Gasteiger partial charge in [-0.3, -0.25) is 10.1 Å². The number of halogens is 4. The average Bonchev–Trinajstić information content (AvgIpc) is 3.55. The second-order valence-electron chi connectivity index (χ2n) is 9.72. The summed E-state index contributed by atoms with van der Waals surface area (Å²) in [7, 11) is 0. The second kappa shape index (κ2) is 9.96. The minimum atomic E-state index is -4.76. The molecule has 3 N–H and O–H groups in total. The quantitative estimate of drug-likeness (QED) is 0.417. The highest BCUT2D eigenvalue weighted by Crippen LogP contribution is 2.37. The second-order valence-corrected chi connectivity index (χ2v) is 9.72. The van der Waals surface area contributed by atoms with Crippen LogP contribution < -0.4 is 10.6 Å². The Bertz CT molecular complexity index is 1060. The summed E-state index contributed by atoms with van der Waals surface area (Å²) in [5.74, 6) is -0.834. The van der Waals surface area contributed by atoms with Crippen LogP contribution in [-0.2, 0) is 4.79 Å². The van der Waals surface area contributed by atoms with Crippen LogP contribution in [0.1, 0.15) is 63.3 Å². The van der Waals surface area contributed by atoms with E-state index >= 15 is 0 Å². The molecular formula is C26H29F4N3O2. The number of carbonyl (C=O) groups excluding carboxylic acids is 1. The number of nitrogens with zero attached hydrogens (tertiary/aromatic N) is 1. The molecule has 0 heterocycles. The van der Waals surface area contributed by atoms with Gasteiger partial charge in [-0.15, -0.1) is 0 Å². The van der Waals surface area contributed by atoms with Crippen molar-refractivity contribution in [3.8, 4) is 17.2 Å². The number of carbonyl (C=O) groups is 1. The summed E-state index contributed by atoms with van der Waals surface area (Å²) in [6, 6.07) is 11.0. The lowest BCUT2D eigenvalue weighted by Crippen LogP contribution is -2.53.